The number of benzene rings is 7. The van der Waals surface area contributed by atoms with Crippen molar-refractivity contribution in [2.75, 3.05) is 0 Å². The highest BCUT2D eigenvalue weighted by molar-refractivity contribution is 6.12. The summed E-state index contributed by atoms with van der Waals surface area (Å²) in [5, 5.41) is 5.00. The molecule has 3 heteroatoms. The van der Waals surface area contributed by atoms with Crippen LogP contribution < -0.4 is 4.74 Å². The fourth-order valence-electron chi connectivity index (χ4n) is 8.57. The molecule has 0 amide bonds. The highest BCUT2D eigenvalue weighted by atomic mass is 16.5. The summed E-state index contributed by atoms with van der Waals surface area (Å²) in [4.78, 5) is 0. The topological polar surface area (TPSA) is 19.1 Å². The molecule has 11 rings (SSSR count). The van der Waals surface area contributed by atoms with Crippen LogP contribution in [0.3, 0.4) is 0 Å². The van der Waals surface area contributed by atoms with Crippen LogP contribution in [0.25, 0.3) is 77.2 Å². The van der Waals surface area contributed by atoms with Crippen molar-refractivity contribution < 1.29 is 4.74 Å². The van der Waals surface area contributed by atoms with Gasteiger partial charge in [0.15, 0.2) is 0 Å². The summed E-state index contributed by atoms with van der Waals surface area (Å²) in [5.74, 6) is 1.17. The number of aromatic nitrogens is 2. The van der Waals surface area contributed by atoms with Gasteiger partial charge in [0, 0.05) is 38.7 Å². The number of para-hydroxylation sites is 2. The first kappa shape index (κ1) is 28.3. The zero-order valence-corrected chi connectivity index (χ0v) is 27.8. The fraction of sp³-hybridized carbons (Fsp3) is 0.0417. The molecule has 0 fully saturated rings. The molecular formula is C48H32N2O. The minimum absolute atomic E-state index is 0.0412. The molecule has 2 unspecified atom stereocenters. The van der Waals surface area contributed by atoms with E-state index in [1.807, 2.05) is 0 Å². The molecule has 2 aliphatic rings. The Hall–Kier alpha value is -6.58. The highest BCUT2D eigenvalue weighted by Crippen LogP contribution is 2.46. The summed E-state index contributed by atoms with van der Waals surface area (Å²) < 4.78 is 11.3. The number of hydrogen-bond acceptors (Lipinski definition) is 1. The van der Waals surface area contributed by atoms with Gasteiger partial charge >= 0.3 is 0 Å². The molecule has 0 saturated heterocycles. The van der Waals surface area contributed by atoms with Gasteiger partial charge in [0.25, 0.3) is 0 Å². The maximum Gasteiger partial charge on any atom is 0.128 e. The third kappa shape index (κ3) is 4.25. The van der Waals surface area contributed by atoms with Crippen molar-refractivity contribution in [1.29, 1.82) is 0 Å². The van der Waals surface area contributed by atoms with Gasteiger partial charge in [-0.1, -0.05) is 115 Å². The van der Waals surface area contributed by atoms with E-state index in [9.17, 15) is 0 Å². The van der Waals surface area contributed by atoms with Crippen LogP contribution in [0.15, 0.2) is 182 Å². The number of hydrogen-bond donors (Lipinski definition) is 0. The van der Waals surface area contributed by atoms with Crippen LogP contribution in [-0.2, 0) is 0 Å². The van der Waals surface area contributed by atoms with E-state index in [4.69, 9.17) is 4.74 Å². The smallest absolute Gasteiger partial charge is 0.128 e. The monoisotopic (exact) mass is 652 g/mol. The molecule has 9 aromatic rings. The Bertz CT molecular complexity index is 2900. The zero-order chi connectivity index (χ0) is 33.5. The Balaban J connectivity index is 1.07. The fourth-order valence-corrected chi connectivity index (χ4v) is 8.57. The quantitative estimate of drug-likeness (QED) is 0.185. The molecule has 1 aliphatic carbocycles. The lowest BCUT2D eigenvalue weighted by Crippen LogP contribution is -2.16. The molecule has 1 aliphatic heterocycles. The first-order chi connectivity index (χ1) is 25.3. The predicted octanol–water partition coefficient (Wildman–Crippen LogP) is 12.2. The van der Waals surface area contributed by atoms with Crippen molar-refractivity contribution in [3.63, 3.8) is 0 Å². The number of nitrogens with zero attached hydrogens (tertiary/aromatic N) is 2. The van der Waals surface area contributed by atoms with Gasteiger partial charge in [0.05, 0.1) is 27.8 Å². The Morgan fingerprint density at radius 3 is 1.76 bits per heavy atom. The minimum Gasteiger partial charge on any atom is -0.485 e. The largest absolute Gasteiger partial charge is 0.485 e. The molecule has 7 aromatic carbocycles. The third-order valence-corrected chi connectivity index (χ3v) is 10.9. The predicted molar refractivity (Wildman–Crippen MR) is 211 cm³/mol. The maximum absolute atomic E-state index is 6.42. The summed E-state index contributed by atoms with van der Waals surface area (Å²) in [6.45, 7) is 0. The lowest BCUT2D eigenvalue weighted by molar-refractivity contribution is 0.269. The molecule has 3 heterocycles. The van der Waals surface area contributed by atoms with E-state index in [1.54, 1.807) is 0 Å². The van der Waals surface area contributed by atoms with Gasteiger partial charge in [-0.15, -0.1) is 0 Å². The van der Waals surface area contributed by atoms with Crippen molar-refractivity contribution in [2.24, 2.45) is 0 Å². The summed E-state index contributed by atoms with van der Waals surface area (Å²) >= 11 is 0. The second-order valence-corrected chi connectivity index (χ2v) is 13.7. The summed E-state index contributed by atoms with van der Waals surface area (Å²) in [6, 6.07) is 57.4. The normalized spacial score (nSPS) is 16.2. The van der Waals surface area contributed by atoms with Crippen molar-refractivity contribution in [1.82, 2.24) is 9.13 Å². The molecule has 0 spiro atoms. The standard InChI is InChI=1S/C48H32N2O/c1-2-12-31(13-3-1)32-14-10-15-35(28-32)49-41-19-7-4-16-36(41)39-29-33(24-26-43(39)49)34-25-27-44-40(30-34)37-17-5-8-20-42(37)50(44)45-21-11-23-47-48(45)38-18-6-9-22-46(38)51-47/h1-30,38,46H. The molecule has 51 heavy (non-hydrogen) atoms. The molecule has 2 atom stereocenters. The molecule has 240 valence electrons. The van der Waals surface area contributed by atoms with Crippen molar-refractivity contribution in [3.8, 4) is 39.4 Å². The molecule has 0 N–H and O–H groups in total. The van der Waals surface area contributed by atoms with Crippen LogP contribution in [0.5, 0.6) is 5.75 Å². The first-order valence-electron chi connectivity index (χ1n) is 17.7. The SMILES string of the molecule is C1=CC2Oc3cccc(-n4c5ccccc5c5cc(-c6ccc7c(c6)c6ccccc6n7-c6cccc(-c7ccccc7)c6)ccc54)c3C2C=C1. The van der Waals surface area contributed by atoms with Gasteiger partial charge in [0.1, 0.15) is 11.9 Å². The molecule has 0 saturated carbocycles. The summed E-state index contributed by atoms with van der Waals surface area (Å²) in [6.07, 6.45) is 8.72. The van der Waals surface area contributed by atoms with E-state index in [2.05, 4.69) is 191 Å². The molecule has 2 aromatic heterocycles. The van der Waals surface area contributed by atoms with Gasteiger partial charge in [-0.05, 0) is 89.0 Å². The van der Waals surface area contributed by atoms with Crippen LogP contribution in [-0.4, -0.2) is 15.2 Å². The van der Waals surface area contributed by atoms with E-state index >= 15 is 0 Å². The molecule has 0 bridgehead atoms. The van der Waals surface area contributed by atoms with Gasteiger partial charge in [0.2, 0.25) is 0 Å². The number of fused-ring (bicyclic) bond motifs is 9. The lowest BCUT2D eigenvalue weighted by atomic mass is 9.90. The van der Waals surface area contributed by atoms with Crippen LogP contribution in [0.2, 0.25) is 0 Å². The van der Waals surface area contributed by atoms with Gasteiger partial charge in [-0.25, -0.2) is 0 Å². The molecule has 3 nitrogen and oxygen atoms in total. The Kier molecular flexibility index (Phi) is 6.08. The van der Waals surface area contributed by atoms with E-state index in [0.717, 1.165) is 11.4 Å². The van der Waals surface area contributed by atoms with E-state index in [-0.39, 0.29) is 12.0 Å². The Morgan fingerprint density at radius 2 is 1.00 bits per heavy atom. The highest BCUT2D eigenvalue weighted by Gasteiger charge is 2.35. The van der Waals surface area contributed by atoms with Gasteiger partial charge in [-0.3, -0.25) is 0 Å². The number of rotatable bonds is 4. The van der Waals surface area contributed by atoms with Crippen molar-refractivity contribution >= 4 is 43.6 Å². The van der Waals surface area contributed by atoms with Crippen molar-refractivity contribution in [2.45, 2.75) is 12.0 Å². The third-order valence-electron chi connectivity index (χ3n) is 10.9. The van der Waals surface area contributed by atoms with Crippen LogP contribution >= 0.6 is 0 Å². The second kappa shape index (κ2) is 11.0. The molecule has 0 radical (unpaired) electrons. The number of ether oxygens (including phenoxy) is 1. The van der Waals surface area contributed by atoms with Crippen LogP contribution in [0, 0.1) is 0 Å². The van der Waals surface area contributed by atoms with E-state index in [0.29, 0.717) is 0 Å². The van der Waals surface area contributed by atoms with Gasteiger partial charge in [-0.2, -0.15) is 0 Å². The second-order valence-electron chi connectivity index (χ2n) is 13.7. The average molecular weight is 653 g/mol. The van der Waals surface area contributed by atoms with Crippen LogP contribution in [0.4, 0.5) is 0 Å². The van der Waals surface area contributed by atoms with Gasteiger partial charge < -0.3 is 13.9 Å². The summed E-state index contributed by atoms with van der Waals surface area (Å²) in [5.41, 5.74) is 13.3. The van der Waals surface area contributed by atoms with Crippen LogP contribution in [0.1, 0.15) is 11.5 Å². The van der Waals surface area contributed by atoms with Crippen molar-refractivity contribution in [3.05, 3.63) is 188 Å². The summed E-state index contributed by atoms with van der Waals surface area (Å²) in [7, 11) is 0. The van der Waals surface area contributed by atoms with E-state index in [1.165, 1.54) is 77.1 Å². The number of allylic oxidation sites excluding steroid dienone is 2. The Labute approximate surface area is 295 Å². The lowest BCUT2D eigenvalue weighted by Gasteiger charge is -2.17. The molecular weight excluding hydrogens is 621 g/mol. The van der Waals surface area contributed by atoms with E-state index < -0.39 is 0 Å². The Morgan fingerprint density at radius 1 is 0.412 bits per heavy atom. The maximum atomic E-state index is 6.42. The average Bonchev–Trinajstić information content (AvgIpc) is 3.85. The zero-order valence-electron chi connectivity index (χ0n) is 27.8. The first-order valence-corrected chi connectivity index (χ1v) is 17.7. The minimum atomic E-state index is 0.0412.